The predicted octanol–water partition coefficient (Wildman–Crippen LogP) is 3.80. The summed E-state index contributed by atoms with van der Waals surface area (Å²) >= 11 is 3.13. The van der Waals surface area contributed by atoms with Crippen molar-refractivity contribution in [1.29, 1.82) is 0 Å². The predicted molar refractivity (Wildman–Crippen MR) is 82.5 cm³/mol. The Morgan fingerprint density at radius 3 is 2.75 bits per heavy atom. The second-order valence-electron chi connectivity index (χ2n) is 5.56. The van der Waals surface area contributed by atoms with E-state index < -0.39 is 0 Å². The van der Waals surface area contributed by atoms with Crippen molar-refractivity contribution in [3.05, 3.63) is 16.0 Å². The second kappa shape index (κ2) is 5.77. The molecule has 1 N–H and O–H groups in total. The van der Waals surface area contributed by atoms with E-state index in [-0.39, 0.29) is 11.4 Å². The summed E-state index contributed by atoms with van der Waals surface area (Å²) in [5.74, 6) is 0.611. The van der Waals surface area contributed by atoms with Crippen molar-refractivity contribution in [3.8, 4) is 0 Å². The van der Waals surface area contributed by atoms with Crippen molar-refractivity contribution in [3.63, 3.8) is 0 Å². The molecule has 0 aromatic carbocycles. The molecule has 1 aliphatic carbocycles. The highest BCUT2D eigenvalue weighted by molar-refractivity contribution is 8.01. The van der Waals surface area contributed by atoms with Crippen molar-refractivity contribution in [1.82, 2.24) is 0 Å². The highest BCUT2D eigenvalue weighted by Gasteiger charge is 2.36. The molecule has 0 radical (unpaired) electrons. The summed E-state index contributed by atoms with van der Waals surface area (Å²) in [6, 6.07) is 0. The molecule has 0 fully saturated rings. The average molecular weight is 313 g/mol. The fraction of sp³-hybridized carbons (Fsp3) is 0.571. The number of esters is 1. The lowest BCUT2D eigenvalue weighted by Crippen LogP contribution is -2.28. The summed E-state index contributed by atoms with van der Waals surface area (Å²) in [7, 11) is 1.40. The van der Waals surface area contributed by atoms with Gasteiger partial charge in [0.15, 0.2) is 0 Å². The highest BCUT2D eigenvalue weighted by Crippen LogP contribution is 2.45. The smallest absolute Gasteiger partial charge is 0.348 e. The number of ether oxygens (including phenoxy) is 1. The second-order valence-corrected chi connectivity index (χ2v) is 8.11. The van der Waals surface area contributed by atoms with Crippen LogP contribution in [0.2, 0.25) is 0 Å². The van der Waals surface area contributed by atoms with Gasteiger partial charge in [-0.05, 0) is 29.6 Å². The van der Waals surface area contributed by atoms with E-state index in [0.29, 0.717) is 17.0 Å². The quantitative estimate of drug-likeness (QED) is 0.399. The minimum Gasteiger partial charge on any atom is -0.465 e. The van der Waals surface area contributed by atoms with Gasteiger partial charge in [0.05, 0.1) is 17.0 Å². The Morgan fingerprint density at radius 1 is 1.50 bits per heavy atom. The van der Waals surface area contributed by atoms with Gasteiger partial charge in [-0.15, -0.1) is 23.1 Å². The number of hydrogen-bond donors (Lipinski definition) is 1. The maximum absolute atomic E-state index is 12.0. The summed E-state index contributed by atoms with van der Waals surface area (Å²) in [5.41, 5.74) is 2.58. The molecule has 0 saturated carbocycles. The van der Waals surface area contributed by atoms with Crippen LogP contribution in [-0.2, 0) is 11.2 Å². The number of hydrogen-bond acceptors (Lipinski definition) is 6. The van der Waals surface area contributed by atoms with Crippen molar-refractivity contribution in [2.45, 2.75) is 37.8 Å². The fourth-order valence-corrected chi connectivity index (χ4v) is 5.04. The summed E-state index contributed by atoms with van der Waals surface area (Å²) < 4.78 is 5.94. The number of nitrogens with zero attached hydrogens (tertiary/aromatic N) is 1. The first-order chi connectivity index (χ1) is 9.43. The van der Waals surface area contributed by atoms with E-state index in [1.807, 2.05) is 0 Å². The maximum Gasteiger partial charge on any atom is 0.348 e. The van der Waals surface area contributed by atoms with Crippen LogP contribution in [0.3, 0.4) is 0 Å². The van der Waals surface area contributed by atoms with Gasteiger partial charge in [0.1, 0.15) is 4.88 Å². The molecule has 0 unspecified atom stereocenters. The van der Waals surface area contributed by atoms with Gasteiger partial charge in [0, 0.05) is 5.56 Å². The van der Waals surface area contributed by atoms with Crippen LogP contribution in [0.4, 0.5) is 0 Å². The van der Waals surface area contributed by atoms with E-state index in [9.17, 15) is 10.0 Å². The molecule has 20 heavy (non-hydrogen) atoms. The van der Waals surface area contributed by atoms with E-state index in [0.717, 1.165) is 27.5 Å². The number of oxime groups is 1. The third kappa shape index (κ3) is 2.72. The van der Waals surface area contributed by atoms with Crippen LogP contribution in [0.15, 0.2) is 9.36 Å². The number of thiophene rings is 1. The normalized spacial score (nSPS) is 18.9. The van der Waals surface area contributed by atoms with Gasteiger partial charge in [-0.2, -0.15) is 0 Å². The average Bonchev–Trinajstić information content (AvgIpc) is 2.74. The van der Waals surface area contributed by atoms with E-state index in [1.165, 1.54) is 18.4 Å². The van der Waals surface area contributed by atoms with E-state index in [2.05, 4.69) is 25.9 Å². The molecule has 0 spiro atoms. The van der Waals surface area contributed by atoms with Gasteiger partial charge >= 0.3 is 5.97 Å². The molecule has 0 amide bonds. The zero-order valence-corrected chi connectivity index (χ0v) is 13.8. The largest absolute Gasteiger partial charge is 0.465 e. The lowest BCUT2D eigenvalue weighted by molar-refractivity contribution is 0.0604. The summed E-state index contributed by atoms with van der Waals surface area (Å²) in [6.07, 6.45) is 1.51. The standard InChI is InChI=1S/C14H19NO3S2/c1-5-19-13-10-8(11(20-13)12(16)18-4)6-14(2,3)7-9(10)15-17/h17H,5-7H2,1-4H3/b15-9+. The molecule has 4 nitrogen and oxygen atoms in total. The number of rotatable bonds is 3. The molecule has 0 aliphatic heterocycles. The molecule has 2 rings (SSSR count). The molecule has 1 aromatic rings. The Balaban J connectivity index is 2.63. The minimum atomic E-state index is -0.302. The number of thioether (sulfide) groups is 1. The van der Waals surface area contributed by atoms with Crippen molar-refractivity contribution >= 4 is 34.8 Å². The van der Waals surface area contributed by atoms with E-state index in [4.69, 9.17) is 4.74 Å². The van der Waals surface area contributed by atoms with Gasteiger partial charge in [-0.1, -0.05) is 25.9 Å². The topological polar surface area (TPSA) is 58.9 Å². The van der Waals surface area contributed by atoms with Crippen molar-refractivity contribution in [2.75, 3.05) is 12.9 Å². The monoisotopic (exact) mass is 313 g/mol. The Morgan fingerprint density at radius 2 is 2.20 bits per heavy atom. The third-order valence-electron chi connectivity index (χ3n) is 3.33. The Kier molecular flexibility index (Phi) is 4.44. The van der Waals surface area contributed by atoms with Gasteiger partial charge in [0.25, 0.3) is 0 Å². The molecular formula is C14H19NO3S2. The van der Waals surface area contributed by atoms with Crippen LogP contribution in [0.25, 0.3) is 0 Å². The van der Waals surface area contributed by atoms with Crippen LogP contribution in [0.1, 0.15) is 48.0 Å². The van der Waals surface area contributed by atoms with Gasteiger partial charge < -0.3 is 9.94 Å². The molecular weight excluding hydrogens is 294 g/mol. The number of fused-ring (bicyclic) bond motifs is 1. The molecule has 110 valence electrons. The Hall–Kier alpha value is -1.01. The molecule has 1 aliphatic rings. The zero-order chi connectivity index (χ0) is 14.9. The molecule has 0 saturated heterocycles. The van der Waals surface area contributed by atoms with Crippen LogP contribution >= 0.6 is 23.1 Å². The molecule has 1 heterocycles. The summed E-state index contributed by atoms with van der Waals surface area (Å²) in [5, 5.41) is 12.8. The fourth-order valence-electron chi connectivity index (χ4n) is 2.56. The van der Waals surface area contributed by atoms with Gasteiger partial charge in [-0.25, -0.2) is 4.79 Å². The van der Waals surface area contributed by atoms with Gasteiger partial charge in [-0.3, -0.25) is 0 Å². The zero-order valence-electron chi connectivity index (χ0n) is 12.1. The first-order valence-electron chi connectivity index (χ1n) is 6.51. The lowest BCUT2D eigenvalue weighted by atomic mass is 9.74. The van der Waals surface area contributed by atoms with Crippen LogP contribution < -0.4 is 0 Å². The number of carbonyl (C=O) groups excluding carboxylic acids is 1. The third-order valence-corrected chi connectivity index (χ3v) is 5.70. The number of methoxy groups -OCH3 is 1. The van der Waals surface area contributed by atoms with Crippen LogP contribution in [-0.4, -0.2) is 29.8 Å². The molecule has 0 bridgehead atoms. The molecule has 6 heteroatoms. The van der Waals surface area contributed by atoms with E-state index in [1.54, 1.807) is 11.8 Å². The van der Waals surface area contributed by atoms with Crippen molar-refractivity contribution in [2.24, 2.45) is 10.6 Å². The minimum absolute atomic E-state index is 0.0213. The summed E-state index contributed by atoms with van der Waals surface area (Å²) in [6.45, 7) is 6.30. The molecule has 0 atom stereocenters. The lowest BCUT2D eigenvalue weighted by Gasteiger charge is -2.30. The van der Waals surface area contributed by atoms with Crippen LogP contribution in [0, 0.1) is 5.41 Å². The first kappa shape index (κ1) is 15.4. The highest BCUT2D eigenvalue weighted by atomic mass is 32.2. The summed E-state index contributed by atoms with van der Waals surface area (Å²) in [4.78, 5) is 12.6. The van der Waals surface area contributed by atoms with Crippen LogP contribution in [0.5, 0.6) is 0 Å². The van der Waals surface area contributed by atoms with Crippen molar-refractivity contribution < 1.29 is 14.7 Å². The SMILES string of the molecule is CCSc1sc(C(=O)OC)c2c1/C(=N/O)CC(C)(C)C2. The Bertz CT molecular complexity index is 561. The molecule has 1 aromatic heterocycles. The van der Waals surface area contributed by atoms with E-state index >= 15 is 0 Å². The number of carbonyl (C=O) groups is 1. The first-order valence-corrected chi connectivity index (χ1v) is 8.31. The Labute approximate surface area is 127 Å². The maximum atomic E-state index is 12.0. The van der Waals surface area contributed by atoms with Gasteiger partial charge in [0.2, 0.25) is 0 Å².